The molecule has 2 aromatic heterocycles. The van der Waals surface area contributed by atoms with Crippen LogP contribution >= 0.6 is 11.3 Å². The predicted octanol–water partition coefficient (Wildman–Crippen LogP) is 1.23. The van der Waals surface area contributed by atoms with E-state index in [-0.39, 0.29) is 17.5 Å². The van der Waals surface area contributed by atoms with Gasteiger partial charge in [0, 0.05) is 6.26 Å². The summed E-state index contributed by atoms with van der Waals surface area (Å²) in [6.45, 7) is 1.88. The molecule has 2 aromatic rings. The predicted molar refractivity (Wildman–Crippen MR) is 65.3 cm³/mol. The second kappa shape index (κ2) is 4.11. The third-order valence-electron chi connectivity index (χ3n) is 2.08. The monoisotopic (exact) mass is 273 g/mol. The van der Waals surface area contributed by atoms with Gasteiger partial charge in [-0.15, -0.1) is 11.3 Å². The molecule has 0 aliphatic rings. The smallest absolute Gasteiger partial charge is 0.270 e. The number of nitrogens with zero attached hydrogens (tertiary/aromatic N) is 2. The second-order valence-corrected chi connectivity index (χ2v) is 6.77. The minimum absolute atomic E-state index is 0.146. The molecule has 92 valence electrons. The average molecular weight is 273 g/mol. The van der Waals surface area contributed by atoms with E-state index in [2.05, 4.69) is 10.1 Å². The molecule has 0 atom stereocenters. The molecule has 2 heterocycles. The lowest BCUT2D eigenvalue weighted by Crippen LogP contribution is -2.02. The molecule has 0 amide bonds. The first-order valence-electron chi connectivity index (χ1n) is 4.71. The van der Waals surface area contributed by atoms with E-state index in [4.69, 9.17) is 10.3 Å². The van der Waals surface area contributed by atoms with Gasteiger partial charge in [-0.05, 0) is 17.9 Å². The molecule has 0 bridgehead atoms. The van der Waals surface area contributed by atoms with Crippen molar-refractivity contribution in [1.82, 2.24) is 10.1 Å². The molecule has 0 aliphatic heterocycles. The Bertz CT molecular complexity index is 642. The van der Waals surface area contributed by atoms with Crippen molar-refractivity contribution in [2.24, 2.45) is 0 Å². The summed E-state index contributed by atoms with van der Waals surface area (Å²) < 4.78 is 27.1. The van der Waals surface area contributed by atoms with E-state index in [1.165, 1.54) is 11.3 Å². The standard InChI is InChI=1S/C9H11N3O3S2/c1-5-3-16-8(7(5)10)9-11-6(12-15-9)4-17(2,13)14/h3H,4,10H2,1-2H3. The van der Waals surface area contributed by atoms with Crippen molar-refractivity contribution in [1.29, 1.82) is 0 Å². The molecule has 0 saturated heterocycles. The van der Waals surface area contributed by atoms with Gasteiger partial charge in [0.15, 0.2) is 15.7 Å². The Balaban J connectivity index is 2.33. The van der Waals surface area contributed by atoms with Crippen molar-refractivity contribution >= 4 is 26.9 Å². The summed E-state index contributed by atoms with van der Waals surface area (Å²) in [5.74, 6) is 0.174. The lowest BCUT2D eigenvalue weighted by atomic mass is 10.3. The SMILES string of the molecule is Cc1csc(-c2nc(CS(C)(=O)=O)no2)c1N. The van der Waals surface area contributed by atoms with Crippen molar-refractivity contribution in [2.75, 3.05) is 12.0 Å². The first-order chi connectivity index (χ1) is 7.87. The quantitative estimate of drug-likeness (QED) is 0.903. The van der Waals surface area contributed by atoms with E-state index in [1.54, 1.807) is 0 Å². The minimum atomic E-state index is -3.16. The van der Waals surface area contributed by atoms with Crippen LogP contribution in [0.2, 0.25) is 0 Å². The van der Waals surface area contributed by atoms with Crippen LogP contribution in [0.3, 0.4) is 0 Å². The third kappa shape index (κ3) is 2.64. The Labute approximate surface area is 102 Å². The zero-order valence-electron chi connectivity index (χ0n) is 9.30. The molecule has 17 heavy (non-hydrogen) atoms. The Morgan fingerprint density at radius 2 is 2.24 bits per heavy atom. The highest BCUT2D eigenvalue weighted by Crippen LogP contribution is 2.33. The number of nitrogens with two attached hydrogens (primary N) is 1. The number of aromatic nitrogens is 2. The molecule has 0 fully saturated rings. The fourth-order valence-corrected chi connectivity index (χ4v) is 2.74. The summed E-state index contributed by atoms with van der Waals surface area (Å²) in [5.41, 5.74) is 7.36. The van der Waals surface area contributed by atoms with Crippen LogP contribution in [0.25, 0.3) is 10.8 Å². The van der Waals surface area contributed by atoms with Crippen molar-refractivity contribution in [2.45, 2.75) is 12.7 Å². The number of nitrogen functional groups attached to an aromatic ring is 1. The minimum Gasteiger partial charge on any atom is -0.397 e. The van der Waals surface area contributed by atoms with Crippen molar-refractivity contribution < 1.29 is 12.9 Å². The van der Waals surface area contributed by atoms with Gasteiger partial charge in [-0.2, -0.15) is 4.98 Å². The maximum Gasteiger partial charge on any atom is 0.270 e. The summed E-state index contributed by atoms with van der Waals surface area (Å²) in [7, 11) is -3.16. The lowest BCUT2D eigenvalue weighted by Gasteiger charge is -1.92. The highest BCUT2D eigenvalue weighted by Gasteiger charge is 2.17. The molecular weight excluding hydrogens is 262 g/mol. The summed E-state index contributed by atoms with van der Waals surface area (Å²) in [5, 5.41) is 5.49. The van der Waals surface area contributed by atoms with Crippen molar-refractivity contribution in [3.8, 4) is 10.8 Å². The number of thiophene rings is 1. The number of sulfone groups is 1. The van der Waals surface area contributed by atoms with Gasteiger partial charge in [-0.1, -0.05) is 5.16 Å². The zero-order valence-corrected chi connectivity index (χ0v) is 10.9. The van der Waals surface area contributed by atoms with E-state index in [0.29, 0.717) is 10.6 Å². The summed E-state index contributed by atoms with van der Waals surface area (Å²) in [6.07, 6.45) is 1.12. The zero-order chi connectivity index (χ0) is 12.6. The van der Waals surface area contributed by atoms with Gasteiger partial charge in [-0.3, -0.25) is 0 Å². The van der Waals surface area contributed by atoms with E-state index in [0.717, 1.165) is 11.8 Å². The number of rotatable bonds is 3. The topological polar surface area (TPSA) is 99.1 Å². The number of anilines is 1. The normalized spacial score (nSPS) is 11.9. The highest BCUT2D eigenvalue weighted by atomic mass is 32.2. The van der Waals surface area contributed by atoms with Crippen molar-refractivity contribution in [3.05, 3.63) is 16.8 Å². The fraction of sp³-hybridized carbons (Fsp3) is 0.333. The van der Waals surface area contributed by atoms with E-state index < -0.39 is 9.84 Å². The molecule has 8 heteroatoms. The highest BCUT2D eigenvalue weighted by molar-refractivity contribution is 7.89. The van der Waals surface area contributed by atoms with Crippen LogP contribution < -0.4 is 5.73 Å². The first-order valence-corrected chi connectivity index (χ1v) is 7.65. The molecule has 2 N–H and O–H groups in total. The van der Waals surface area contributed by atoms with Gasteiger partial charge < -0.3 is 10.3 Å². The van der Waals surface area contributed by atoms with Gasteiger partial charge in [0.1, 0.15) is 10.6 Å². The van der Waals surface area contributed by atoms with Gasteiger partial charge in [-0.25, -0.2) is 8.42 Å². The van der Waals surface area contributed by atoms with Crippen LogP contribution in [0, 0.1) is 6.92 Å². The second-order valence-electron chi connectivity index (χ2n) is 3.75. The van der Waals surface area contributed by atoms with Gasteiger partial charge in [0.2, 0.25) is 0 Å². The molecule has 0 spiro atoms. The van der Waals surface area contributed by atoms with Gasteiger partial charge >= 0.3 is 0 Å². The Kier molecular flexibility index (Phi) is 2.92. The number of hydrogen-bond donors (Lipinski definition) is 1. The molecule has 6 nitrogen and oxygen atoms in total. The van der Waals surface area contributed by atoms with Crippen LogP contribution in [0.4, 0.5) is 5.69 Å². The van der Waals surface area contributed by atoms with E-state index in [9.17, 15) is 8.42 Å². The lowest BCUT2D eigenvalue weighted by molar-refractivity contribution is 0.425. The molecule has 0 radical (unpaired) electrons. The van der Waals surface area contributed by atoms with E-state index in [1.807, 2.05) is 12.3 Å². The number of hydrogen-bond acceptors (Lipinski definition) is 7. The third-order valence-corrected chi connectivity index (χ3v) is 3.96. The Morgan fingerprint density at radius 3 is 2.76 bits per heavy atom. The van der Waals surface area contributed by atoms with Crippen LogP contribution in [0.15, 0.2) is 9.90 Å². The maximum atomic E-state index is 11.1. The van der Waals surface area contributed by atoms with Gasteiger partial charge in [0.25, 0.3) is 5.89 Å². The van der Waals surface area contributed by atoms with Crippen molar-refractivity contribution in [3.63, 3.8) is 0 Å². The largest absolute Gasteiger partial charge is 0.397 e. The molecule has 0 saturated carbocycles. The molecule has 0 unspecified atom stereocenters. The Hall–Kier alpha value is -1.41. The summed E-state index contributed by atoms with van der Waals surface area (Å²) in [6, 6.07) is 0. The Morgan fingerprint density at radius 1 is 1.53 bits per heavy atom. The van der Waals surface area contributed by atoms with Crippen LogP contribution in [-0.4, -0.2) is 24.8 Å². The van der Waals surface area contributed by atoms with Crippen LogP contribution in [-0.2, 0) is 15.6 Å². The van der Waals surface area contributed by atoms with Crippen LogP contribution in [0.5, 0.6) is 0 Å². The summed E-state index contributed by atoms with van der Waals surface area (Å²) in [4.78, 5) is 4.69. The molecular formula is C9H11N3O3S2. The average Bonchev–Trinajstić information content (AvgIpc) is 2.74. The summed E-state index contributed by atoms with van der Waals surface area (Å²) >= 11 is 1.39. The first kappa shape index (κ1) is 12.1. The fourth-order valence-electron chi connectivity index (χ4n) is 1.26. The molecule has 2 rings (SSSR count). The number of aryl methyl sites for hydroxylation is 1. The molecule has 0 aromatic carbocycles. The van der Waals surface area contributed by atoms with Gasteiger partial charge in [0.05, 0.1) is 5.69 Å². The van der Waals surface area contributed by atoms with Crippen LogP contribution in [0.1, 0.15) is 11.4 Å². The van der Waals surface area contributed by atoms with E-state index >= 15 is 0 Å². The molecule has 0 aliphatic carbocycles. The maximum absolute atomic E-state index is 11.1.